The van der Waals surface area contributed by atoms with Crippen LogP contribution in [0.5, 0.6) is 11.5 Å². The molecule has 2 heterocycles. The van der Waals surface area contributed by atoms with Gasteiger partial charge in [-0.2, -0.15) is 10.1 Å². The zero-order valence-electron chi connectivity index (χ0n) is 16.9. The summed E-state index contributed by atoms with van der Waals surface area (Å²) >= 11 is 3.34. The van der Waals surface area contributed by atoms with Gasteiger partial charge in [0, 0.05) is 17.1 Å². The lowest BCUT2D eigenvalue weighted by atomic mass is 10.2. The lowest BCUT2D eigenvalue weighted by Crippen LogP contribution is -2.29. The number of aryl methyl sites for hydroxylation is 1. The second-order valence-corrected chi connectivity index (χ2v) is 7.73. The molecule has 10 nitrogen and oxygen atoms in total. The van der Waals surface area contributed by atoms with Crippen LogP contribution in [0.4, 0.5) is 5.95 Å². The molecule has 0 radical (unpaired) electrons. The number of rotatable bonds is 7. The molecule has 0 saturated heterocycles. The summed E-state index contributed by atoms with van der Waals surface area (Å²) in [7, 11) is 1.52. The van der Waals surface area contributed by atoms with Gasteiger partial charge in [-0.1, -0.05) is 34.1 Å². The summed E-state index contributed by atoms with van der Waals surface area (Å²) in [5.41, 5.74) is 2.57. The normalized spacial score (nSPS) is 11.3. The van der Waals surface area contributed by atoms with Crippen LogP contribution in [-0.2, 0) is 13.6 Å². The van der Waals surface area contributed by atoms with Gasteiger partial charge in [0.1, 0.15) is 18.1 Å². The van der Waals surface area contributed by atoms with E-state index in [0.717, 1.165) is 4.47 Å². The van der Waals surface area contributed by atoms with Crippen LogP contribution in [0.3, 0.4) is 0 Å². The van der Waals surface area contributed by atoms with Crippen LogP contribution in [0.1, 0.15) is 5.56 Å². The first kappa shape index (κ1) is 21.4. The molecular formula is C21H19BrN6O4. The number of ether oxygens (including phenoxy) is 1. The van der Waals surface area contributed by atoms with E-state index in [9.17, 15) is 14.7 Å². The van der Waals surface area contributed by atoms with Gasteiger partial charge in [0.15, 0.2) is 11.2 Å². The maximum absolute atomic E-state index is 12.5. The first-order chi connectivity index (χ1) is 15.4. The highest BCUT2D eigenvalue weighted by atomic mass is 79.9. The summed E-state index contributed by atoms with van der Waals surface area (Å²) in [6, 6.07) is 14.2. The van der Waals surface area contributed by atoms with Gasteiger partial charge in [0.2, 0.25) is 5.95 Å². The van der Waals surface area contributed by atoms with Gasteiger partial charge in [-0.05, 0) is 30.3 Å². The minimum atomic E-state index is -0.568. The highest BCUT2D eigenvalue weighted by molar-refractivity contribution is 9.10. The number of halogens is 1. The minimum absolute atomic E-state index is 0.0577. The van der Waals surface area contributed by atoms with E-state index in [2.05, 4.69) is 36.4 Å². The van der Waals surface area contributed by atoms with E-state index >= 15 is 0 Å². The van der Waals surface area contributed by atoms with Crippen molar-refractivity contribution in [3.63, 3.8) is 0 Å². The minimum Gasteiger partial charge on any atom is -0.507 e. The molecule has 2 aromatic heterocycles. The third-order valence-corrected chi connectivity index (χ3v) is 5.18. The van der Waals surface area contributed by atoms with Gasteiger partial charge in [-0.3, -0.25) is 18.9 Å². The molecule has 4 rings (SSSR count). The van der Waals surface area contributed by atoms with E-state index in [1.165, 1.54) is 23.9 Å². The molecule has 0 unspecified atom stereocenters. The van der Waals surface area contributed by atoms with E-state index in [0.29, 0.717) is 11.3 Å². The molecule has 0 bridgehead atoms. The van der Waals surface area contributed by atoms with E-state index in [1.54, 1.807) is 16.7 Å². The van der Waals surface area contributed by atoms with Crippen molar-refractivity contribution in [1.82, 2.24) is 19.1 Å². The van der Waals surface area contributed by atoms with Crippen LogP contribution in [0.15, 0.2) is 67.7 Å². The molecule has 164 valence electrons. The molecule has 0 amide bonds. The average molecular weight is 499 g/mol. The SMILES string of the molecule is Cn1c(=O)[nH]c(=O)c2c1nc(NN=Cc1cc(Br)ccc1O)n2CCOc1ccccc1. The first-order valence-electron chi connectivity index (χ1n) is 9.59. The standard InChI is InChI=1S/C21H19BrN6O4/c1-27-18-17(19(30)25-21(27)31)28(9-10-32-15-5-3-2-4-6-15)20(24-18)26-23-12-13-11-14(22)7-8-16(13)29/h2-8,11-12,29H,9-10H2,1H3,(H,24,26)(H,25,30,31). The van der Waals surface area contributed by atoms with Crippen molar-refractivity contribution >= 4 is 39.3 Å². The Morgan fingerprint density at radius 3 is 2.81 bits per heavy atom. The maximum Gasteiger partial charge on any atom is 0.329 e. The van der Waals surface area contributed by atoms with Crippen molar-refractivity contribution in [2.45, 2.75) is 6.54 Å². The molecule has 0 aliphatic rings. The quantitative estimate of drug-likeness (QED) is 0.265. The fourth-order valence-electron chi connectivity index (χ4n) is 3.10. The van der Waals surface area contributed by atoms with Crippen molar-refractivity contribution in [2.75, 3.05) is 12.0 Å². The molecule has 32 heavy (non-hydrogen) atoms. The summed E-state index contributed by atoms with van der Waals surface area (Å²) in [5, 5.41) is 14.1. The van der Waals surface area contributed by atoms with Crippen LogP contribution in [0, 0.1) is 0 Å². The number of nitrogens with one attached hydrogen (secondary N) is 2. The number of aromatic amines is 1. The Kier molecular flexibility index (Phi) is 6.08. The summed E-state index contributed by atoms with van der Waals surface area (Å²) < 4.78 is 9.37. The molecule has 2 aromatic carbocycles. The Bertz CT molecular complexity index is 1410. The number of benzene rings is 2. The predicted molar refractivity (Wildman–Crippen MR) is 125 cm³/mol. The summed E-state index contributed by atoms with van der Waals surface area (Å²) in [6.07, 6.45) is 1.42. The number of aromatic nitrogens is 4. The number of fused-ring (bicyclic) bond motifs is 1. The monoisotopic (exact) mass is 498 g/mol. The summed E-state index contributed by atoms with van der Waals surface area (Å²) in [4.78, 5) is 31.2. The Morgan fingerprint density at radius 1 is 1.25 bits per heavy atom. The van der Waals surface area contributed by atoms with Crippen molar-refractivity contribution in [3.8, 4) is 11.5 Å². The number of H-pyrrole nitrogens is 1. The number of anilines is 1. The molecule has 0 saturated carbocycles. The van der Waals surface area contributed by atoms with E-state index in [-0.39, 0.29) is 36.0 Å². The fourth-order valence-corrected chi connectivity index (χ4v) is 3.48. The highest BCUT2D eigenvalue weighted by Gasteiger charge is 2.17. The third kappa shape index (κ3) is 4.42. The molecule has 4 aromatic rings. The average Bonchev–Trinajstić information content (AvgIpc) is 3.14. The lowest BCUT2D eigenvalue weighted by Gasteiger charge is -2.10. The highest BCUT2D eigenvalue weighted by Crippen LogP contribution is 2.20. The number of para-hydroxylation sites is 1. The Labute approximate surface area is 189 Å². The Hall–Kier alpha value is -3.86. The zero-order chi connectivity index (χ0) is 22.7. The number of imidazole rings is 1. The van der Waals surface area contributed by atoms with Crippen molar-refractivity contribution in [3.05, 3.63) is 79.4 Å². The number of hydrazone groups is 1. The van der Waals surface area contributed by atoms with Crippen LogP contribution in [0.25, 0.3) is 11.2 Å². The van der Waals surface area contributed by atoms with Gasteiger partial charge >= 0.3 is 5.69 Å². The number of aromatic hydroxyl groups is 1. The molecule has 0 fully saturated rings. The van der Waals surface area contributed by atoms with Gasteiger partial charge in [-0.15, -0.1) is 0 Å². The molecule has 0 aliphatic heterocycles. The van der Waals surface area contributed by atoms with Crippen molar-refractivity contribution in [2.24, 2.45) is 12.1 Å². The summed E-state index contributed by atoms with van der Waals surface area (Å²) in [5.74, 6) is 0.993. The van der Waals surface area contributed by atoms with Crippen LogP contribution in [0.2, 0.25) is 0 Å². The number of hydrogen-bond acceptors (Lipinski definition) is 7. The van der Waals surface area contributed by atoms with Gasteiger partial charge in [0.25, 0.3) is 5.56 Å². The van der Waals surface area contributed by atoms with Crippen molar-refractivity contribution < 1.29 is 9.84 Å². The van der Waals surface area contributed by atoms with E-state index in [1.807, 2.05) is 30.3 Å². The second kappa shape index (κ2) is 9.10. The smallest absolute Gasteiger partial charge is 0.329 e. The number of hydrogen-bond donors (Lipinski definition) is 3. The second-order valence-electron chi connectivity index (χ2n) is 6.81. The third-order valence-electron chi connectivity index (χ3n) is 4.69. The van der Waals surface area contributed by atoms with Gasteiger partial charge < -0.3 is 9.84 Å². The maximum atomic E-state index is 12.5. The largest absolute Gasteiger partial charge is 0.507 e. The lowest BCUT2D eigenvalue weighted by molar-refractivity contribution is 0.301. The van der Waals surface area contributed by atoms with E-state index < -0.39 is 11.2 Å². The molecule has 0 spiro atoms. The Balaban J connectivity index is 1.66. The first-order valence-corrected chi connectivity index (χ1v) is 10.4. The number of phenols is 1. The predicted octanol–water partition coefficient (Wildman–Crippen LogP) is 2.42. The van der Waals surface area contributed by atoms with Crippen LogP contribution < -0.4 is 21.4 Å². The van der Waals surface area contributed by atoms with Crippen LogP contribution >= 0.6 is 15.9 Å². The molecule has 0 atom stereocenters. The van der Waals surface area contributed by atoms with Crippen LogP contribution in [-0.4, -0.2) is 37.0 Å². The van der Waals surface area contributed by atoms with Crippen molar-refractivity contribution in [1.29, 1.82) is 0 Å². The number of nitrogens with zero attached hydrogens (tertiary/aromatic N) is 4. The van der Waals surface area contributed by atoms with Gasteiger partial charge in [-0.25, -0.2) is 10.2 Å². The topological polar surface area (TPSA) is 127 Å². The molecular weight excluding hydrogens is 480 g/mol. The Morgan fingerprint density at radius 2 is 2.03 bits per heavy atom. The van der Waals surface area contributed by atoms with Gasteiger partial charge in [0.05, 0.1) is 12.8 Å². The molecule has 11 heteroatoms. The number of phenolic OH excluding ortho intramolecular Hbond substituents is 1. The fraction of sp³-hybridized carbons (Fsp3) is 0.143. The summed E-state index contributed by atoms with van der Waals surface area (Å²) in [6.45, 7) is 0.523. The van der Waals surface area contributed by atoms with E-state index in [4.69, 9.17) is 4.74 Å². The zero-order valence-corrected chi connectivity index (χ0v) is 18.5. The molecule has 3 N–H and O–H groups in total. The molecule has 0 aliphatic carbocycles.